The molecule has 2 fully saturated rings. The standard InChI is InChI=1S/C17H34N3O2/c1-6-9-17(22-5)19-13-8-11-16(19)20(3,4)15-10-7-12-18(15)14(2)21/h15-17H,6-13H2,1-5H3/q+1. The SMILES string of the molecule is CCCC(OC)N1CCCC1[N+](C)(C)C1CCCN1C(C)=O. The lowest BCUT2D eigenvalue weighted by Crippen LogP contribution is -2.65. The fraction of sp³-hybridized carbons (Fsp3) is 0.941. The minimum Gasteiger partial charge on any atom is -0.366 e. The molecule has 22 heavy (non-hydrogen) atoms. The molecule has 0 N–H and O–H groups in total. The molecule has 0 spiro atoms. The zero-order valence-electron chi connectivity index (χ0n) is 15.0. The molecule has 0 aromatic rings. The molecular formula is C17H34N3O2+. The summed E-state index contributed by atoms with van der Waals surface area (Å²) in [5.74, 6) is 0.218. The van der Waals surface area contributed by atoms with Gasteiger partial charge in [0.05, 0.1) is 14.1 Å². The Hall–Kier alpha value is -0.650. The highest BCUT2D eigenvalue weighted by atomic mass is 16.5. The van der Waals surface area contributed by atoms with Crippen molar-refractivity contribution in [3.8, 4) is 0 Å². The molecule has 1 amide bonds. The summed E-state index contributed by atoms with van der Waals surface area (Å²) in [5, 5.41) is 0. The van der Waals surface area contributed by atoms with Gasteiger partial charge in [0.25, 0.3) is 0 Å². The van der Waals surface area contributed by atoms with Gasteiger partial charge in [0.1, 0.15) is 12.4 Å². The van der Waals surface area contributed by atoms with Crippen molar-refractivity contribution in [1.29, 1.82) is 0 Å². The molecule has 2 saturated heterocycles. The van der Waals surface area contributed by atoms with Gasteiger partial charge in [-0.1, -0.05) is 13.3 Å². The lowest BCUT2D eigenvalue weighted by Gasteiger charge is -2.48. The van der Waals surface area contributed by atoms with Gasteiger partial charge in [-0.15, -0.1) is 0 Å². The van der Waals surface area contributed by atoms with Crippen molar-refractivity contribution in [2.45, 2.75) is 70.9 Å². The number of likely N-dealkylation sites (tertiary alicyclic amines) is 2. The smallest absolute Gasteiger partial charge is 0.223 e. The van der Waals surface area contributed by atoms with Crippen LogP contribution < -0.4 is 0 Å². The van der Waals surface area contributed by atoms with Gasteiger partial charge in [-0.2, -0.15) is 0 Å². The molecule has 3 unspecified atom stereocenters. The van der Waals surface area contributed by atoms with Crippen LogP contribution in [0.15, 0.2) is 0 Å². The van der Waals surface area contributed by atoms with Crippen LogP contribution in [-0.2, 0) is 9.53 Å². The van der Waals surface area contributed by atoms with Gasteiger partial charge in [0, 0.05) is 40.0 Å². The maximum Gasteiger partial charge on any atom is 0.223 e. The molecule has 2 aliphatic heterocycles. The summed E-state index contributed by atoms with van der Waals surface area (Å²) in [6, 6.07) is 0. The van der Waals surface area contributed by atoms with E-state index in [0.717, 1.165) is 43.3 Å². The Kier molecular flexibility index (Phi) is 5.86. The highest BCUT2D eigenvalue weighted by Gasteiger charge is 2.48. The van der Waals surface area contributed by atoms with E-state index in [9.17, 15) is 4.79 Å². The summed E-state index contributed by atoms with van der Waals surface area (Å²) < 4.78 is 6.65. The molecule has 128 valence electrons. The molecule has 5 nitrogen and oxygen atoms in total. The Morgan fingerprint density at radius 1 is 1.23 bits per heavy atom. The molecule has 2 rings (SSSR count). The molecule has 0 radical (unpaired) electrons. The van der Waals surface area contributed by atoms with E-state index in [2.05, 4.69) is 30.8 Å². The van der Waals surface area contributed by atoms with E-state index in [4.69, 9.17) is 4.74 Å². The third-order valence-electron chi connectivity index (χ3n) is 5.60. The second-order valence-electron chi connectivity index (χ2n) is 7.30. The third kappa shape index (κ3) is 3.31. The number of nitrogens with zero attached hydrogens (tertiary/aromatic N) is 3. The normalized spacial score (nSPS) is 28.3. The monoisotopic (exact) mass is 312 g/mol. The van der Waals surface area contributed by atoms with E-state index < -0.39 is 0 Å². The number of hydrogen-bond acceptors (Lipinski definition) is 3. The molecule has 0 aromatic heterocycles. The summed E-state index contributed by atoms with van der Waals surface area (Å²) in [7, 11) is 6.42. The molecular weight excluding hydrogens is 278 g/mol. The van der Waals surface area contributed by atoms with Crippen molar-refractivity contribution in [3.05, 3.63) is 0 Å². The zero-order chi connectivity index (χ0) is 16.3. The Bertz CT molecular complexity index is 386. The topological polar surface area (TPSA) is 32.8 Å². The van der Waals surface area contributed by atoms with E-state index in [1.165, 1.54) is 12.8 Å². The first-order valence-electron chi connectivity index (χ1n) is 8.82. The van der Waals surface area contributed by atoms with Gasteiger partial charge in [0.2, 0.25) is 5.91 Å². The Morgan fingerprint density at radius 2 is 1.86 bits per heavy atom. The molecule has 0 saturated carbocycles. The van der Waals surface area contributed by atoms with Gasteiger partial charge >= 0.3 is 0 Å². The predicted molar refractivity (Wildman–Crippen MR) is 88.0 cm³/mol. The van der Waals surface area contributed by atoms with Gasteiger partial charge in [-0.3, -0.25) is 14.2 Å². The van der Waals surface area contributed by atoms with E-state index in [1.54, 1.807) is 6.92 Å². The van der Waals surface area contributed by atoms with Crippen molar-refractivity contribution in [2.24, 2.45) is 0 Å². The van der Waals surface area contributed by atoms with E-state index in [0.29, 0.717) is 12.3 Å². The lowest BCUT2D eigenvalue weighted by molar-refractivity contribution is -0.957. The number of carbonyl (C=O) groups is 1. The zero-order valence-corrected chi connectivity index (χ0v) is 15.0. The number of amides is 1. The molecule has 0 aromatic carbocycles. The number of ether oxygens (including phenoxy) is 1. The second kappa shape index (κ2) is 7.28. The largest absolute Gasteiger partial charge is 0.366 e. The van der Waals surface area contributed by atoms with Crippen LogP contribution in [0, 0.1) is 0 Å². The van der Waals surface area contributed by atoms with Crippen LogP contribution in [0.5, 0.6) is 0 Å². The van der Waals surface area contributed by atoms with Gasteiger partial charge in [-0.25, -0.2) is 4.90 Å². The average Bonchev–Trinajstić information content (AvgIpc) is 3.13. The van der Waals surface area contributed by atoms with E-state index in [-0.39, 0.29) is 12.1 Å². The second-order valence-corrected chi connectivity index (χ2v) is 7.30. The Morgan fingerprint density at radius 3 is 2.45 bits per heavy atom. The van der Waals surface area contributed by atoms with Crippen LogP contribution in [-0.4, -0.2) is 73.0 Å². The number of quaternary nitrogens is 1. The van der Waals surface area contributed by atoms with Crippen LogP contribution in [0.25, 0.3) is 0 Å². The molecule has 0 aliphatic carbocycles. The minimum atomic E-state index is 0.210. The number of methoxy groups -OCH3 is 1. The first kappa shape index (κ1) is 17.7. The van der Waals surface area contributed by atoms with Crippen molar-refractivity contribution in [3.63, 3.8) is 0 Å². The average molecular weight is 312 g/mol. The third-order valence-corrected chi connectivity index (χ3v) is 5.60. The van der Waals surface area contributed by atoms with Gasteiger partial charge in [0.15, 0.2) is 6.17 Å². The highest BCUT2D eigenvalue weighted by Crippen LogP contribution is 2.34. The maximum atomic E-state index is 12.0. The van der Waals surface area contributed by atoms with Crippen molar-refractivity contribution in [2.75, 3.05) is 34.3 Å². The minimum absolute atomic E-state index is 0.210. The first-order chi connectivity index (χ1) is 10.4. The maximum absolute atomic E-state index is 12.0. The van der Waals surface area contributed by atoms with E-state index >= 15 is 0 Å². The fourth-order valence-corrected chi connectivity index (χ4v) is 4.50. The van der Waals surface area contributed by atoms with Crippen LogP contribution in [0.3, 0.4) is 0 Å². The molecule has 2 aliphatic rings. The van der Waals surface area contributed by atoms with Crippen LogP contribution in [0.2, 0.25) is 0 Å². The molecule has 2 heterocycles. The van der Waals surface area contributed by atoms with Crippen LogP contribution in [0.4, 0.5) is 0 Å². The van der Waals surface area contributed by atoms with Crippen molar-refractivity contribution < 1.29 is 14.0 Å². The van der Waals surface area contributed by atoms with Crippen LogP contribution >= 0.6 is 0 Å². The molecule has 3 atom stereocenters. The molecule has 0 bridgehead atoms. The summed E-state index contributed by atoms with van der Waals surface area (Å²) in [6.07, 6.45) is 7.84. The first-order valence-corrected chi connectivity index (χ1v) is 8.82. The predicted octanol–water partition coefficient (Wildman–Crippen LogP) is 2.23. The van der Waals surface area contributed by atoms with Crippen molar-refractivity contribution in [1.82, 2.24) is 9.80 Å². The number of rotatable bonds is 6. The quantitative estimate of drug-likeness (QED) is 0.705. The van der Waals surface area contributed by atoms with E-state index in [1.807, 2.05) is 7.11 Å². The highest BCUT2D eigenvalue weighted by molar-refractivity contribution is 5.73. The summed E-state index contributed by atoms with van der Waals surface area (Å²) in [5.41, 5.74) is 0. The lowest BCUT2D eigenvalue weighted by atomic mass is 10.2. The summed E-state index contributed by atoms with van der Waals surface area (Å²) >= 11 is 0. The molecule has 5 heteroatoms. The van der Waals surface area contributed by atoms with Gasteiger partial charge < -0.3 is 4.74 Å². The number of carbonyl (C=O) groups excluding carboxylic acids is 1. The summed E-state index contributed by atoms with van der Waals surface area (Å²) in [6.45, 7) is 5.94. The fourth-order valence-electron chi connectivity index (χ4n) is 4.50. The van der Waals surface area contributed by atoms with Crippen molar-refractivity contribution >= 4 is 5.91 Å². The van der Waals surface area contributed by atoms with Gasteiger partial charge in [-0.05, 0) is 19.3 Å². The Labute approximate surface area is 135 Å². The Balaban J connectivity index is 2.17. The summed E-state index contributed by atoms with van der Waals surface area (Å²) in [4.78, 5) is 16.6. The number of hydrogen-bond donors (Lipinski definition) is 0. The van der Waals surface area contributed by atoms with Crippen LogP contribution in [0.1, 0.15) is 52.4 Å².